The van der Waals surface area contributed by atoms with Gasteiger partial charge >= 0.3 is 12.1 Å². The first-order chi connectivity index (χ1) is 8.30. The van der Waals surface area contributed by atoms with Crippen LogP contribution in [0, 0.1) is 0 Å². The summed E-state index contributed by atoms with van der Waals surface area (Å²) in [6.07, 6.45) is -3.17. The van der Waals surface area contributed by atoms with Gasteiger partial charge in [-0.2, -0.15) is 22.0 Å². The molecule has 1 heterocycles. The summed E-state index contributed by atoms with van der Waals surface area (Å²) < 4.78 is 62.0. The molecule has 2 rings (SSSR count). The first-order valence-corrected chi connectivity index (χ1v) is 6.13. The standard InChI is InChI=1S/C9H10F5N3S/c10-8(11,9(12,13)14)7-17-16-6(18-7)3-4-15-5-1-2-5/h5,15H,1-4H2. The molecular formula is C9H10F5N3S. The van der Waals surface area contributed by atoms with Crippen molar-refractivity contribution in [1.29, 1.82) is 0 Å². The van der Waals surface area contributed by atoms with Crippen LogP contribution in [0.25, 0.3) is 0 Å². The van der Waals surface area contributed by atoms with Crippen molar-refractivity contribution >= 4 is 11.3 Å². The third-order valence-corrected chi connectivity index (χ3v) is 3.49. The molecule has 3 nitrogen and oxygen atoms in total. The van der Waals surface area contributed by atoms with E-state index in [2.05, 4.69) is 15.5 Å². The highest BCUT2D eigenvalue weighted by molar-refractivity contribution is 7.11. The molecule has 1 fully saturated rings. The second kappa shape index (κ2) is 4.69. The average molecular weight is 287 g/mol. The van der Waals surface area contributed by atoms with Crippen molar-refractivity contribution in [3.63, 3.8) is 0 Å². The Hall–Kier alpha value is -0.830. The number of aromatic nitrogens is 2. The SMILES string of the molecule is FC(F)(F)C(F)(F)c1nnc(CCNC2CC2)s1. The van der Waals surface area contributed by atoms with Crippen molar-refractivity contribution in [3.8, 4) is 0 Å². The van der Waals surface area contributed by atoms with Crippen LogP contribution in [0.4, 0.5) is 22.0 Å². The Labute approximate surface area is 103 Å². The largest absolute Gasteiger partial charge is 0.460 e. The molecule has 18 heavy (non-hydrogen) atoms. The topological polar surface area (TPSA) is 37.8 Å². The Balaban J connectivity index is 1.95. The zero-order chi connectivity index (χ0) is 13.4. The number of halogens is 5. The van der Waals surface area contributed by atoms with E-state index in [0.29, 0.717) is 30.3 Å². The van der Waals surface area contributed by atoms with Gasteiger partial charge in [0.25, 0.3) is 0 Å². The van der Waals surface area contributed by atoms with Gasteiger partial charge in [-0.3, -0.25) is 0 Å². The Morgan fingerprint density at radius 3 is 2.39 bits per heavy atom. The molecule has 9 heteroatoms. The molecule has 0 bridgehead atoms. The van der Waals surface area contributed by atoms with Crippen molar-refractivity contribution in [2.45, 2.75) is 37.4 Å². The number of nitrogens with one attached hydrogen (secondary N) is 1. The monoisotopic (exact) mass is 287 g/mol. The van der Waals surface area contributed by atoms with Gasteiger partial charge in [-0.1, -0.05) is 11.3 Å². The smallest absolute Gasteiger partial charge is 0.314 e. The van der Waals surface area contributed by atoms with Crippen molar-refractivity contribution in [2.24, 2.45) is 0 Å². The highest BCUT2D eigenvalue weighted by atomic mass is 32.1. The van der Waals surface area contributed by atoms with E-state index in [1.165, 1.54) is 0 Å². The molecule has 0 aromatic carbocycles. The predicted molar refractivity (Wildman–Crippen MR) is 54.6 cm³/mol. The summed E-state index contributed by atoms with van der Waals surface area (Å²) in [5, 5.41) is 8.30. The van der Waals surface area contributed by atoms with Crippen molar-refractivity contribution in [3.05, 3.63) is 10.0 Å². The maximum atomic E-state index is 12.9. The molecule has 1 aliphatic carbocycles. The number of alkyl halides is 5. The molecule has 0 atom stereocenters. The first kappa shape index (κ1) is 13.6. The summed E-state index contributed by atoms with van der Waals surface area (Å²) in [7, 11) is 0. The van der Waals surface area contributed by atoms with Gasteiger partial charge in [-0.05, 0) is 12.8 Å². The van der Waals surface area contributed by atoms with Crippen molar-refractivity contribution in [2.75, 3.05) is 6.54 Å². The molecule has 0 radical (unpaired) electrons. The summed E-state index contributed by atoms with van der Waals surface area (Å²) in [6.45, 7) is 0.511. The minimum Gasteiger partial charge on any atom is -0.314 e. The molecule has 1 aromatic heterocycles. The van der Waals surface area contributed by atoms with Crippen LogP contribution in [-0.2, 0) is 12.3 Å². The fourth-order valence-corrected chi connectivity index (χ4v) is 2.11. The van der Waals surface area contributed by atoms with E-state index in [4.69, 9.17) is 0 Å². The minimum atomic E-state index is -5.63. The average Bonchev–Trinajstić information content (AvgIpc) is 2.93. The molecule has 0 unspecified atom stereocenters. The lowest BCUT2D eigenvalue weighted by Crippen LogP contribution is -2.33. The second-order valence-corrected chi connectivity index (χ2v) is 5.11. The van der Waals surface area contributed by atoms with Crippen LogP contribution < -0.4 is 5.32 Å². The van der Waals surface area contributed by atoms with E-state index in [-0.39, 0.29) is 5.01 Å². The second-order valence-electron chi connectivity index (χ2n) is 4.05. The number of nitrogens with zero attached hydrogens (tertiary/aromatic N) is 2. The van der Waals surface area contributed by atoms with E-state index in [1.54, 1.807) is 0 Å². The Morgan fingerprint density at radius 2 is 1.83 bits per heavy atom. The summed E-state index contributed by atoms with van der Waals surface area (Å²) in [4.78, 5) is 0. The lowest BCUT2D eigenvalue weighted by atomic mass is 10.3. The summed E-state index contributed by atoms with van der Waals surface area (Å²) in [5.41, 5.74) is 0. The van der Waals surface area contributed by atoms with Gasteiger partial charge in [-0.15, -0.1) is 10.2 Å². The molecular weight excluding hydrogens is 277 g/mol. The van der Waals surface area contributed by atoms with Crippen LogP contribution in [0.15, 0.2) is 0 Å². The summed E-state index contributed by atoms with van der Waals surface area (Å²) in [6, 6.07) is 0.453. The Kier molecular flexibility index (Phi) is 3.54. The maximum absolute atomic E-state index is 12.9. The summed E-state index contributed by atoms with van der Waals surface area (Å²) in [5.74, 6) is -4.92. The normalized spacial score (nSPS) is 17.2. The third kappa shape index (κ3) is 2.94. The van der Waals surface area contributed by atoms with E-state index < -0.39 is 17.1 Å². The van der Waals surface area contributed by atoms with Gasteiger partial charge < -0.3 is 5.32 Å². The van der Waals surface area contributed by atoms with Crippen LogP contribution >= 0.6 is 11.3 Å². The van der Waals surface area contributed by atoms with E-state index in [1.807, 2.05) is 0 Å². The molecule has 0 amide bonds. The van der Waals surface area contributed by atoms with Gasteiger partial charge in [0, 0.05) is 19.0 Å². The predicted octanol–water partition coefficient (Wildman–Crippen LogP) is 2.49. The van der Waals surface area contributed by atoms with Crippen LogP contribution in [0.2, 0.25) is 0 Å². The van der Waals surface area contributed by atoms with Gasteiger partial charge in [0.15, 0.2) is 5.01 Å². The molecule has 1 aliphatic rings. The highest BCUT2D eigenvalue weighted by Crippen LogP contribution is 2.44. The van der Waals surface area contributed by atoms with Crippen molar-refractivity contribution < 1.29 is 22.0 Å². The molecule has 1 saturated carbocycles. The molecule has 1 aromatic rings. The Bertz CT molecular complexity index is 413. The van der Waals surface area contributed by atoms with Crippen LogP contribution in [0.3, 0.4) is 0 Å². The number of rotatable bonds is 5. The zero-order valence-electron chi connectivity index (χ0n) is 9.10. The van der Waals surface area contributed by atoms with Gasteiger partial charge in [0.05, 0.1) is 0 Å². The van der Waals surface area contributed by atoms with Crippen molar-refractivity contribution in [1.82, 2.24) is 15.5 Å². The number of hydrogen-bond acceptors (Lipinski definition) is 4. The fourth-order valence-electron chi connectivity index (χ4n) is 1.27. The maximum Gasteiger partial charge on any atom is 0.460 e. The van der Waals surface area contributed by atoms with E-state index in [9.17, 15) is 22.0 Å². The first-order valence-electron chi connectivity index (χ1n) is 5.31. The number of hydrogen-bond donors (Lipinski definition) is 1. The molecule has 102 valence electrons. The molecule has 1 N–H and O–H groups in total. The van der Waals surface area contributed by atoms with E-state index >= 15 is 0 Å². The lowest BCUT2D eigenvalue weighted by molar-refractivity contribution is -0.289. The molecule has 0 aliphatic heterocycles. The van der Waals surface area contributed by atoms with E-state index in [0.717, 1.165) is 12.8 Å². The lowest BCUT2D eigenvalue weighted by Gasteiger charge is -2.15. The fraction of sp³-hybridized carbons (Fsp3) is 0.778. The van der Waals surface area contributed by atoms with Gasteiger partial charge in [0.1, 0.15) is 5.01 Å². The third-order valence-electron chi connectivity index (χ3n) is 2.44. The molecule has 0 saturated heterocycles. The minimum absolute atomic E-state index is 0.182. The van der Waals surface area contributed by atoms with Crippen LogP contribution in [-0.4, -0.2) is 29.0 Å². The molecule has 0 spiro atoms. The van der Waals surface area contributed by atoms with Gasteiger partial charge in [0.2, 0.25) is 0 Å². The van der Waals surface area contributed by atoms with Crippen LogP contribution in [0.5, 0.6) is 0 Å². The van der Waals surface area contributed by atoms with Gasteiger partial charge in [-0.25, -0.2) is 0 Å². The Morgan fingerprint density at radius 1 is 1.17 bits per heavy atom. The van der Waals surface area contributed by atoms with Crippen LogP contribution in [0.1, 0.15) is 22.9 Å². The quantitative estimate of drug-likeness (QED) is 0.846. The zero-order valence-corrected chi connectivity index (χ0v) is 9.91. The summed E-state index contributed by atoms with van der Waals surface area (Å²) >= 11 is 0.307. The highest BCUT2D eigenvalue weighted by Gasteiger charge is 2.61.